The van der Waals surface area contributed by atoms with Gasteiger partial charge in [-0.25, -0.2) is 0 Å². The van der Waals surface area contributed by atoms with Gasteiger partial charge in [-0.2, -0.15) is 0 Å². The highest BCUT2D eigenvalue weighted by atomic mass is 35.5. The Balaban J connectivity index is 1.84. The van der Waals surface area contributed by atoms with Crippen LogP contribution in [0.15, 0.2) is 58.3 Å². The molecule has 130 valence electrons. The van der Waals surface area contributed by atoms with Crippen molar-refractivity contribution in [2.45, 2.75) is 22.3 Å². The van der Waals surface area contributed by atoms with Gasteiger partial charge in [0, 0.05) is 15.7 Å². The predicted molar refractivity (Wildman–Crippen MR) is 96.4 cm³/mol. The predicted octanol–water partition coefficient (Wildman–Crippen LogP) is 3.58. The van der Waals surface area contributed by atoms with Crippen LogP contribution >= 0.6 is 23.4 Å². The minimum Gasteiger partial charge on any atom is -0.494 e. The van der Waals surface area contributed by atoms with Gasteiger partial charge in [0.1, 0.15) is 24.2 Å². The zero-order valence-electron chi connectivity index (χ0n) is 13.2. The standard InChI is InChI=1S/C18H21ClO4S/c19-10-1-11-22-15-2-6-17(7-3-15)24-18-8-4-16(5-9-18)23-13-14(21)12-20/h2-9,14,20-21H,1,10-13H2. The van der Waals surface area contributed by atoms with Gasteiger partial charge in [-0.1, -0.05) is 11.8 Å². The Hall–Kier alpha value is -1.40. The molecule has 0 saturated carbocycles. The molecule has 6 heteroatoms. The summed E-state index contributed by atoms with van der Waals surface area (Å²) in [5.74, 6) is 2.11. The lowest BCUT2D eigenvalue weighted by molar-refractivity contribution is 0.0536. The van der Waals surface area contributed by atoms with Crippen molar-refractivity contribution in [1.29, 1.82) is 0 Å². The normalized spacial score (nSPS) is 12.0. The van der Waals surface area contributed by atoms with Crippen LogP contribution in [0.5, 0.6) is 11.5 Å². The van der Waals surface area contributed by atoms with Crippen molar-refractivity contribution in [1.82, 2.24) is 0 Å². The fourth-order valence-electron chi connectivity index (χ4n) is 1.83. The van der Waals surface area contributed by atoms with Crippen molar-refractivity contribution in [2.75, 3.05) is 25.7 Å². The molecule has 0 radical (unpaired) electrons. The number of ether oxygens (including phenoxy) is 2. The third-order valence-electron chi connectivity index (χ3n) is 3.08. The van der Waals surface area contributed by atoms with E-state index in [-0.39, 0.29) is 13.2 Å². The number of aliphatic hydroxyl groups is 2. The van der Waals surface area contributed by atoms with E-state index in [0.717, 1.165) is 22.0 Å². The Bertz CT molecular complexity index is 589. The van der Waals surface area contributed by atoms with Crippen molar-refractivity contribution in [2.24, 2.45) is 0 Å². The third-order valence-corrected chi connectivity index (χ3v) is 4.37. The van der Waals surface area contributed by atoms with Crippen LogP contribution in [0.25, 0.3) is 0 Å². The maximum Gasteiger partial charge on any atom is 0.119 e. The van der Waals surface area contributed by atoms with E-state index in [4.69, 9.17) is 26.2 Å². The highest BCUT2D eigenvalue weighted by Gasteiger charge is 2.04. The molecule has 0 aliphatic rings. The van der Waals surface area contributed by atoms with Crippen LogP contribution in [0.1, 0.15) is 6.42 Å². The minimum absolute atomic E-state index is 0.0775. The second-order valence-electron chi connectivity index (χ2n) is 5.08. The van der Waals surface area contributed by atoms with Crippen molar-refractivity contribution >= 4 is 23.4 Å². The van der Waals surface area contributed by atoms with Gasteiger partial charge in [0.05, 0.1) is 13.2 Å². The molecule has 24 heavy (non-hydrogen) atoms. The molecule has 0 fully saturated rings. The molecule has 2 N–H and O–H groups in total. The molecule has 0 aromatic heterocycles. The number of benzene rings is 2. The molecule has 1 unspecified atom stereocenters. The highest BCUT2D eigenvalue weighted by Crippen LogP contribution is 2.30. The number of hydrogen-bond acceptors (Lipinski definition) is 5. The molecule has 0 bridgehead atoms. The Morgan fingerprint density at radius 1 is 0.917 bits per heavy atom. The Labute approximate surface area is 151 Å². The molecule has 0 aliphatic heterocycles. The van der Waals surface area contributed by atoms with Crippen LogP contribution in [-0.2, 0) is 0 Å². The van der Waals surface area contributed by atoms with Crippen molar-refractivity contribution in [3.8, 4) is 11.5 Å². The fraction of sp³-hybridized carbons (Fsp3) is 0.333. The second kappa shape index (κ2) is 10.5. The lowest BCUT2D eigenvalue weighted by Gasteiger charge is -2.10. The molecule has 2 rings (SSSR count). The van der Waals surface area contributed by atoms with Gasteiger partial charge in [0.25, 0.3) is 0 Å². The van der Waals surface area contributed by atoms with E-state index < -0.39 is 6.10 Å². The summed E-state index contributed by atoms with van der Waals surface area (Å²) in [4.78, 5) is 2.20. The highest BCUT2D eigenvalue weighted by molar-refractivity contribution is 7.99. The van der Waals surface area contributed by atoms with Crippen molar-refractivity contribution in [3.05, 3.63) is 48.5 Å². The van der Waals surface area contributed by atoms with Gasteiger partial charge in [0.2, 0.25) is 0 Å². The van der Waals surface area contributed by atoms with Crippen LogP contribution in [0.3, 0.4) is 0 Å². The summed E-state index contributed by atoms with van der Waals surface area (Å²) in [6, 6.07) is 15.5. The Kier molecular flexibility index (Phi) is 8.25. The van der Waals surface area contributed by atoms with Crippen molar-refractivity contribution < 1.29 is 19.7 Å². The van der Waals surface area contributed by atoms with E-state index in [1.54, 1.807) is 11.8 Å². The molecule has 0 amide bonds. The quantitative estimate of drug-likeness (QED) is 0.496. The number of aliphatic hydroxyl groups excluding tert-OH is 2. The summed E-state index contributed by atoms with van der Waals surface area (Å²) in [5, 5.41) is 18.0. The average Bonchev–Trinajstić information content (AvgIpc) is 2.62. The van der Waals surface area contributed by atoms with Crippen LogP contribution in [0.2, 0.25) is 0 Å². The van der Waals surface area contributed by atoms with E-state index in [9.17, 15) is 5.11 Å². The van der Waals surface area contributed by atoms with E-state index in [1.165, 1.54) is 0 Å². The van der Waals surface area contributed by atoms with Gasteiger partial charge in [-0.15, -0.1) is 11.6 Å². The van der Waals surface area contributed by atoms with Gasteiger partial charge >= 0.3 is 0 Å². The summed E-state index contributed by atoms with van der Waals surface area (Å²) in [6.45, 7) is 0.399. The van der Waals surface area contributed by atoms with Crippen LogP contribution in [0.4, 0.5) is 0 Å². The first kappa shape index (κ1) is 18.9. The Morgan fingerprint density at radius 2 is 1.46 bits per heavy atom. The third kappa shape index (κ3) is 6.61. The molecule has 2 aromatic carbocycles. The lowest BCUT2D eigenvalue weighted by Crippen LogP contribution is -2.21. The number of halogens is 1. The largest absolute Gasteiger partial charge is 0.494 e. The van der Waals surface area contributed by atoms with Crippen LogP contribution in [-0.4, -0.2) is 42.0 Å². The maximum atomic E-state index is 9.26. The van der Waals surface area contributed by atoms with Gasteiger partial charge in [-0.05, 0) is 55.0 Å². The summed E-state index contributed by atoms with van der Waals surface area (Å²) in [7, 11) is 0. The van der Waals surface area contributed by atoms with Gasteiger partial charge in [-0.3, -0.25) is 0 Å². The van der Waals surface area contributed by atoms with Crippen LogP contribution < -0.4 is 9.47 Å². The number of alkyl halides is 1. The molecule has 2 aromatic rings. The first-order valence-electron chi connectivity index (χ1n) is 7.69. The Morgan fingerprint density at radius 3 is 1.96 bits per heavy atom. The summed E-state index contributed by atoms with van der Waals surface area (Å²) in [6.07, 6.45) is -0.0221. The SMILES string of the molecule is OCC(O)COc1ccc(Sc2ccc(OCCCCl)cc2)cc1. The monoisotopic (exact) mass is 368 g/mol. The molecule has 0 spiro atoms. The molecule has 0 aliphatic carbocycles. The average molecular weight is 369 g/mol. The van der Waals surface area contributed by atoms with Crippen molar-refractivity contribution in [3.63, 3.8) is 0 Å². The molecule has 1 atom stereocenters. The topological polar surface area (TPSA) is 58.9 Å². The fourth-order valence-corrected chi connectivity index (χ4v) is 2.76. The number of rotatable bonds is 10. The maximum absolute atomic E-state index is 9.26. The first-order chi connectivity index (χ1) is 11.7. The van der Waals surface area contributed by atoms with Crippen LogP contribution in [0, 0.1) is 0 Å². The van der Waals surface area contributed by atoms with Gasteiger partial charge < -0.3 is 19.7 Å². The smallest absolute Gasteiger partial charge is 0.119 e. The van der Waals surface area contributed by atoms with E-state index in [2.05, 4.69) is 0 Å². The molecule has 0 heterocycles. The van der Waals surface area contributed by atoms with E-state index >= 15 is 0 Å². The lowest BCUT2D eigenvalue weighted by atomic mass is 10.3. The minimum atomic E-state index is -0.857. The number of hydrogen-bond donors (Lipinski definition) is 2. The van der Waals surface area contributed by atoms with E-state index in [1.807, 2.05) is 48.5 Å². The summed E-state index contributed by atoms with van der Waals surface area (Å²) in [5.41, 5.74) is 0. The zero-order valence-corrected chi connectivity index (χ0v) is 14.8. The molecule has 0 saturated heterocycles. The first-order valence-corrected chi connectivity index (χ1v) is 9.05. The molecular weight excluding hydrogens is 348 g/mol. The zero-order chi connectivity index (χ0) is 17.2. The summed E-state index contributed by atoms with van der Waals surface area (Å²) < 4.78 is 11.0. The molecule has 4 nitrogen and oxygen atoms in total. The van der Waals surface area contributed by atoms with E-state index in [0.29, 0.717) is 18.2 Å². The second-order valence-corrected chi connectivity index (χ2v) is 6.61. The summed E-state index contributed by atoms with van der Waals surface area (Å²) >= 11 is 7.26. The van der Waals surface area contributed by atoms with Gasteiger partial charge in [0.15, 0.2) is 0 Å². The molecular formula is C18H21ClO4S.